The molecule has 2 aromatic rings. The second-order valence-electron chi connectivity index (χ2n) is 7.16. The van der Waals surface area contributed by atoms with Crippen molar-refractivity contribution in [1.82, 2.24) is 10.2 Å². The molecule has 0 aromatic heterocycles. The van der Waals surface area contributed by atoms with Crippen LogP contribution in [0.1, 0.15) is 39.2 Å². The molecule has 0 saturated carbocycles. The SMILES string of the molecule is CCC(C)NC(=O)C(C)N(Cc1ccccc1Cl)C(=O)CCSc1ccc(Cl)cc1. The zero-order chi connectivity index (χ0) is 22.1. The third kappa shape index (κ3) is 7.53. The summed E-state index contributed by atoms with van der Waals surface area (Å²) in [6.07, 6.45) is 1.15. The smallest absolute Gasteiger partial charge is 0.242 e. The third-order valence-electron chi connectivity index (χ3n) is 4.87. The van der Waals surface area contributed by atoms with E-state index < -0.39 is 6.04 Å². The summed E-state index contributed by atoms with van der Waals surface area (Å²) in [7, 11) is 0. The first-order valence-corrected chi connectivity index (χ1v) is 11.8. The van der Waals surface area contributed by atoms with E-state index in [0.29, 0.717) is 28.8 Å². The standard InChI is InChI=1S/C23H28Cl2N2O2S/c1-4-16(2)26-23(29)17(3)27(15-18-7-5-6-8-21(18)25)22(28)13-14-30-20-11-9-19(24)10-12-20/h5-12,16-17H,4,13-15H2,1-3H3,(H,26,29). The second-order valence-corrected chi connectivity index (χ2v) is 9.17. The van der Waals surface area contributed by atoms with Gasteiger partial charge in [-0.25, -0.2) is 0 Å². The normalized spacial score (nSPS) is 12.8. The first kappa shape index (κ1) is 24.6. The fourth-order valence-electron chi connectivity index (χ4n) is 2.79. The predicted octanol–water partition coefficient (Wildman–Crippen LogP) is 5.81. The van der Waals surface area contributed by atoms with E-state index in [2.05, 4.69) is 5.32 Å². The molecule has 0 spiro atoms. The molecule has 0 fully saturated rings. The Morgan fingerprint density at radius 1 is 1.07 bits per heavy atom. The number of carbonyl (C=O) groups is 2. The van der Waals surface area contributed by atoms with E-state index >= 15 is 0 Å². The minimum atomic E-state index is -0.594. The van der Waals surface area contributed by atoms with E-state index in [1.165, 1.54) is 0 Å². The zero-order valence-electron chi connectivity index (χ0n) is 17.5. The van der Waals surface area contributed by atoms with E-state index in [1.54, 1.807) is 29.7 Å². The van der Waals surface area contributed by atoms with E-state index in [-0.39, 0.29) is 17.9 Å². The second kappa shape index (κ2) is 12.2. The molecule has 0 bridgehead atoms. The maximum absolute atomic E-state index is 13.1. The third-order valence-corrected chi connectivity index (χ3v) is 6.50. The first-order chi connectivity index (χ1) is 14.3. The molecular weight excluding hydrogens is 439 g/mol. The van der Waals surface area contributed by atoms with Crippen LogP contribution in [-0.4, -0.2) is 34.6 Å². The number of carbonyl (C=O) groups excluding carboxylic acids is 2. The summed E-state index contributed by atoms with van der Waals surface area (Å²) < 4.78 is 0. The number of halogens is 2. The maximum Gasteiger partial charge on any atom is 0.242 e. The average Bonchev–Trinajstić information content (AvgIpc) is 2.73. The molecule has 2 aromatic carbocycles. The van der Waals surface area contributed by atoms with Crippen LogP contribution in [0.3, 0.4) is 0 Å². The van der Waals surface area contributed by atoms with E-state index in [0.717, 1.165) is 16.9 Å². The Balaban J connectivity index is 2.08. The molecule has 0 aliphatic heterocycles. The van der Waals surface area contributed by atoms with Gasteiger partial charge in [0.15, 0.2) is 0 Å². The molecule has 2 unspecified atom stereocenters. The largest absolute Gasteiger partial charge is 0.352 e. The van der Waals surface area contributed by atoms with Crippen LogP contribution in [0, 0.1) is 0 Å². The van der Waals surface area contributed by atoms with Gasteiger partial charge in [-0.15, -0.1) is 11.8 Å². The number of nitrogens with zero attached hydrogens (tertiary/aromatic N) is 1. The quantitative estimate of drug-likeness (QED) is 0.449. The number of benzene rings is 2. The summed E-state index contributed by atoms with van der Waals surface area (Å²) in [5.41, 5.74) is 0.820. The van der Waals surface area contributed by atoms with Crippen LogP contribution in [-0.2, 0) is 16.1 Å². The number of hydrogen-bond donors (Lipinski definition) is 1. The van der Waals surface area contributed by atoms with Crippen LogP contribution < -0.4 is 5.32 Å². The minimum Gasteiger partial charge on any atom is -0.352 e. The molecule has 162 valence electrons. The fraction of sp³-hybridized carbons (Fsp3) is 0.391. The van der Waals surface area contributed by atoms with Crippen LogP contribution >= 0.6 is 35.0 Å². The molecular formula is C23H28Cl2N2O2S. The lowest BCUT2D eigenvalue weighted by Crippen LogP contribution is -2.49. The Morgan fingerprint density at radius 3 is 2.37 bits per heavy atom. The van der Waals surface area contributed by atoms with Crippen molar-refractivity contribution < 1.29 is 9.59 Å². The van der Waals surface area contributed by atoms with Gasteiger partial charge in [-0.05, 0) is 56.2 Å². The van der Waals surface area contributed by atoms with Gasteiger partial charge in [0.1, 0.15) is 6.04 Å². The molecule has 0 aliphatic rings. The summed E-state index contributed by atoms with van der Waals surface area (Å²) in [6, 6.07) is 14.4. The van der Waals surface area contributed by atoms with Gasteiger partial charge in [-0.3, -0.25) is 9.59 Å². The molecule has 30 heavy (non-hydrogen) atoms. The Labute approximate surface area is 193 Å². The Morgan fingerprint density at radius 2 is 1.73 bits per heavy atom. The highest BCUT2D eigenvalue weighted by Crippen LogP contribution is 2.23. The van der Waals surface area contributed by atoms with Gasteiger partial charge in [0.2, 0.25) is 11.8 Å². The lowest BCUT2D eigenvalue weighted by Gasteiger charge is -2.30. The van der Waals surface area contributed by atoms with Crippen LogP contribution in [0.2, 0.25) is 10.0 Å². The maximum atomic E-state index is 13.1. The lowest BCUT2D eigenvalue weighted by molar-refractivity contribution is -0.140. The predicted molar refractivity (Wildman–Crippen MR) is 126 cm³/mol. The summed E-state index contributed by atoms with van der Waals surface area (Å²) in [6.45, 7) is 6.02. The van der Waals surface area contributed by atoms with Crippen molar-refractivity contribution in [3.8, 4) is 0 Å². The molecule has 7 heteroatoms. The van der Waals surface area contributed by atoms with E-state index in [4.69, 9.17) is 23.2 Å². The molecule has 2 atom stereocenters. The summed E-state index contributed by atoms with van der Waals surface area (Å²) in [5.74, 6) is 0.373. The van der Waals surface area contributed by atoms with Gasteiger partial charge >= 0.3 is 0 Å². The molecule has 4 nitrogen and oxygen atoms in total. The monoisotopic (exact) mass is 466 g/mol. The van der Waals surface area contributed by atoms with Crippen LogP contribution in [0.25, 0.3) is 0 Å². The molecule has 0 aliphatic carbocycles. The Hall–Kier alpha value is -1.69. The summed E-state index contributed by atoms with van der Waals surface area (Å²) in [5, 5.41) is 4.24. The Kier molecular flexibility index (Phi) is 10.0. The van der Waals surface area contributed by atoms with Gasteiger partial charge in [0.05, 0.1) is 0 Å². The number of amides is 2. The number of nitrogens with one attached hydrogen (secondary N) is 1. The van der Waals surface area contributed by atoms with Crippen molar-refractivity contribution in [2.45, 2.75) is 57.1 Å². The van der Waals surface area contributed by atoms with Crippen molar-refractivity contribution in [2.75, 3.05) is 5.75 Å². The zero-order valence-corrected chi connectivity index (χ0v) is 19.9. The molecule has 2 rings (SSSR count). The molecule has 1 N–H and O–H groups in total. The number of thioether (sulfide) groups is 1. The van der Waals surface area contributed by atoms with Crippen LogP contribution in [0.4, 0.5) is 0 Å². The number of hydrogen-bond acceptors (Lipinski definition) is 3. The van der Waals surface area contributed by atoms with Gasteiger partial charge < -0.3 is 10.2 Å². The summed E-state index contributed by atoms with van der Waals surface area (Å²) in [4.78, 5) is 28.4. The fourth-order valence-corrected chi connectivity index (χ4v) is 3.95. The van der Waals surface area contributed by atoms with Gasteiger partial charge in [0.25, 0.3) is 0 Å². The number of rotatable bonds is 10. The van der Waals surface area contributed by atoms with Crippen molar-refractivity contribution in [3.05, 3.63) is 64.1 Å². The van der Waals surface area contributed by atoms with Crippen LogP contribution in [0.5, 0.6) is 0 Å². The molecule has 2 amide bonds. The van der Waals surface area contributed by atoms with Gasteiger partial charge in [-0.1, -0.05) is 48.3 Å². The topological polar surface area (TPSA) is 49.4 Å². The molecule has 0 saturated heterocycles. The first-order valence-electron chi connectivity index (χ1n) is 10.0. The van der Waals surface area contributed by atoms with Gasteiger partial charge in [-0.2, -0.15) is 0 Å². The van der Waals surface area contributed by atoms with E-state index in [1.807, 2.05) is 56.3 Å². The van der Waals surface area contributed by atoms with Crippen molar-refractivity contribution >= 4 is 46.8 Å². The van der Waals surface area contributed by atoms with Crippen molar-refractivity contribution in [1.29, 1.82) is 0 Å². The molecule has 0 radical (unpaired) electrons. The lowest BCUT2D eigenvalue weighted by atomic mass is 10.1. The van der Waals surface area contributed by atoms with Crippen molar-refractivity contribution in [3.63, 3.8) is 0 Å². The van der Waals surface area contributed by atoms with E-state index in [9.17, 15) is 9.59 Å². The minimum absolute atomic E-state index is 0.0534. The molecule has 0 heterocycles. The Bertz CT molecular complexity index is 845. The van der Waals surface area contributed by atoms with Gasteiger partial charge in [0, 0.05) is 39.7 Å². The highest BCUT2D eigenvalue weighted by molar-refractivity contribution is 7.99. The van der Waals surface area contributed by atoms with Crippen LogP contribution in [0.15, 0.2) is 53.4 Å². The average molecular weight is 467 g/mol. The van der Waals surface area contributed by atoms with Crippen molar-refractivity contribution in [2.24, 2.45) is 0 Å². The highest BCUT2D eigenvalue weighted by atomic mass is 35.5. The summed E-state index contributed by atoms with van der Waals surface area (Å²) >= 11 is 13.8. The highest BCUT2D eigenvalue weighted by Gasteiger charge is 2.27.